The summed E-state index contributed by atoms with van der Waals surface area (Å²) in [4.78, 5) is 30.0. The average molecular weight is 504 g/mol. The standard InChI is InChI=1S/C21H12BrF2N3O5/c22-14-9-25-8-10-5-6-26(18(10)14)20(28)12-2-4-16(32-21(23)24)19-17(12)13-7-11(27(29)30)1-3-15(13)31-19/h1-4,7-9,21H,5-6H2. The van der Waals surface area contributed by atoms with E-state index in [-0.39, 0.29) is 38.9 Å². The van der Waals surface area contributed by atoms with Gasteiger partial charge in [-0.05, 0) is 46.1 Å². The zero-order chi connectivity index (χ0) is 22.6. The molecule has 2 aromatic carbocycles. The van der Waals surface area contributed by atoms with Crippen LogP contribution < -0.4 is 9.64 Å². The van der Waals surface area contributed by atoms with Crippen LogP contribution in [0.15, 0.2) is 51.6 Å². The molecule has 11 heteroatoms. The van der Waals surface area contributed by atoms with E-state index in [2.05, 4.69) is 25.7 Å². The third-order valence-corrected chi connectivity index (χ3v) is 5.87. The molecular formula is C21H12BrF2N3O5. The minimum Gasteiger partial charge on any atom is -0.452 e. The highest BCUT2D eigenvalue weighted by atomic mass is 79.9. The molecular weight excluding hydrogens is 492 g/mol. The van der Waals surface area contributed by atoms with E-state index in [9.17, 15) is 23.7 Å². The molecule has 32 heavy (non-hydrogen) atoms. The van der Waals surface area contributed by atoms with Crippen LogP contribution in [0.25, 0.3) is 21.9 Å². The number of pyridine rings is 1. The van der Waals surface area contributed by atoms with Crippen LogP contribution in [-0.2, 0) is 6.42 Å². The number of non-ortho nitro benzene ring substituents is 1. The summed E-state index contributed by atoms with van der Waals surface area (Å²) in [5.74, 6) is -0.670. The second-order valence-electron chi connectivity index (χ2n) is 7.07. The van der Waals surface area contributed by atoms with Gasteiger partial charge in [0.2, 0.25) is 0 Å². The second-order valence-corrected chi connectivity index (χ2v) is 7.92. The van der Waals surface area contributed by atoms with Gasteiger partial charge in [0, 0.05) is 41.8 Å². The molecule has 162 valence electrons. The molecule has 5 rings (SSSR count). The lowest BCUT2D eigenvalue weighted by Gasteiger charge is -2.19. The maximum Gasteiger partial charge on any atom is 0.387 e. The summed E-state index contributed by atoms with van der Waals surface area (Å²) in [6.45, 7) is -2.72. The molecule has 0 spiro atoms. The molecule has 0 radical (unpaired) electrons. The first-order chi connectivity index (χ1) is 15.3. The average Bonchev–Trinajstić information content (AvgIpc) is 3.36. The van der Waals surface area contributed by atoms with Crippen LogP contribution >= 0.6 is 15.9 Å². The third-order valence-electron chi connectivity index (χ3n) is 5.29. The van der Waals surface area contributed by atoms with Crippen molar-refractivity contribution in [3.8, 4) is 5.75 Å². The lowest BCUT2D eigenvalue weighted by Crippen LogP contribution is -2.29. The number of hydrogen-bond donors (Lipinski definition) is 0. The maximum absolute atomic E-state index is 13.6. The summed E-state index contributed by atoms with van der Waals surface area (Å²) in [6.07, 6.45) is 3.86. The number of furan rings is 1. The number of nitro benzene ring substituents is 1. The Kier molecular flexibility index (Phi) is 4.77. The minimum atomic E-state index is -3.11. The molecule has 0 aliphatic carbocycles. The van der Waals surface area contributed by atoms with Gasteiger partial charge in [0.05, 0.1) is 20.6 Å². The molecule has 8 nitrogen and oxygen atoms in total. The monoisotopic (exact) mass is 503 g/mol. The van der Waals surface area contributed by atoms with Crippen molar-refractivity contribution >= 4 is 55.2 Å². The topological polar surface area (TPSA) is 98.7 Å². The van der Waals surface area contributed by atoms with E-state index in [1.54, 1.807) is 17.3 Å². The number of nitro groups is 1. The Bertz CT molecular complexity index is 1420. The summed E-state index contributed by atoms with van der Waals surface area (Å²) >= 11 is 3.42. The Labute approximate surface area is 186 Å². The van der Waals surface area contributed by atoms with E-state index in [1.807, 2.05) is 0 Å². The van der Waals surface area contributed by atoms with Crippen molar-refractivity contribution in [1.82, 2.24) is 4.98 Å². The number of alkyl halides is 2. The zero-order valence-electron chi connectivity index (χ0n) is 16.0. The number of fused-ring (bicyclic) bond motifs is 4. The molecule has 0 saturated carbocycles. The van der Waals surface area contributed by atoms with Crippen LogP contribution in [0.2, 0.25) is 0 Å². The zero-order valence-corrected chi connectivity index (χ0v) is 17.6. The summed E-state index contributed by atoms with van der Waals surface area (Å²) in [6, 6.07) is 6.45. The maximum atomic E-state index is 13.6. The van der Waals surface area contributed by atoms with Crippen molar-refractivity contribution in [1.29, 1.82) is 0 Å². The molecule has 0 N–H and O–H groups in total. The van der Waals surface area contributed by atoms with Crippen LogP contribution in [0.5, 0.6) is 5.75 Å². The van der Waals surface area contributed by atoms with E-state index in [0.717, 1.165) is 5.56 Å². The van der Waals surface area contributed by atoms with Gasteiger partial charge in [-0.1, -0.05) is 0 Å². The van der Waals surface area contributed by atoms with Crippen molar-refractivity contribution in [3.05, 3.63) is 68.4 Å². The predicted molar refractivity (Wildman–Crippen MR) is 114 cm³/mol. The van der Waals surface area contributed by atoms with E-state index in [1.165, 1.54) is 30.3 Å². The van der Waals surface area contributed by atoms with Gasteiger partial charge in [0.15, 0.2) is 11.3 Å². The number of nitrogens with zero attached hydrogens (tertiary/aromatic N) is 3. The molecule has 0 fully saturated rings. The molecule has 0 bridgehead atoms. The number of anilines is 1. The van der Waals surface area contributed by atoms with E-state index >= 15 is 0 Å². The van der Waals surface area contributed by atoms with Gasteiger partial charge in [0.1, 0.15) is 5.58 Å². The summed E-state index contributed by atoms with van der Waals surface area (Å²) in [5.41, 5.74) is 1.60. The molecule has 3 heterocycles. The number of carbonyl (C=O) groups excluding carboxylic acids is 1. The second kappa shape index (κ2) is 7.52. The molecule has 0 saturated heterocycles. The smallest absolute Gasteiger partial charge is 0.387 e. The minimum absolute atomic E-state index is 0.0835. The fourth-order valence-electron chi connectivity index (χ4n) is 3.97. The van der Waals surface area contributed by atoms with Crippen LogP contribution in [0.3, 0.4) is 0 Å². The third kappa shape index (κ3) is 3.16. The number of aromatic nitrogens is 1. The first kappa shape index (κ1) is 20.3. The quantitative estimate of drug-likeness (QED) is 0.271. The highest BCUT2D eigenvalue weighted by Gasteiger charge is 2.31. The van der Waals surface area contributed by atoms with E-state index < -0.39 is 17.4 Å². The Morgan fingerprint density at radius 1 is 1.28 bits per heavy atom. The number of hydrogen-bond acceptors (Lipinski definition) is 6. The van der Waals surface area contributed by atoms with Crippen molar-refractivity contribution in [3.63, 3.8) is 0 Å². The van der Waals surface area contributed by atoms with Crippen molar-refractivity contribution in [2.45, 2.75) is 13.0 Å². The van der Waals surface area contributed by atoms with Crippen LogP contribution in [0, 0.1) is 10.1 Å². The Morgan fingerprint density at radius 3 is 2.84 bits per heavy atom. The first-order valence-corrected chi connectivity index (χ1v) is 10.2. The summed E-state index contributed by atoms with van der Waals surface area (Å²) in [7, 11) is 0. The molecule has 0 unspecified atom stereocenters. The SMILES string of the molecule is O=C(c1ccc(OC(F)F)c2oc3ccc([N+](=O)[O-])cc3c12)N1CCc2cncc(Br)c21. The molecule has 1 aliphatic rings. The molecule has 4 aromatic rings. The van der Waals surface area contributed by atoms with Gasteiger partial charge in [0.25, 0.3) is 11.6 Å². The Hall–Kier alpha value is -3.60. The van der Waals surface area contributed by atoms with E-state index in [0.29, 0.717) is 23.1 Å². The van der Waals surface area contributed by atoms with Gasteiger partial charge < -0.3 is 14.1 Å². The molecule has 1 aliphatic heterocycles. The Morgan fingerprint density at radius 2 is 2.09 bits per heavy atom. The van der Waals surface area contributed by atoms with Gasteiger partial charge in [-0.3, -0.25) is 19.9 Å². The number of benzene rings is 2. The number of ether oxygens (including phenoxy) is 1. The van der Waals surface area contributed by atoms with Crippen LogP contribution in [0.4, 0.5) is 20.2 Å². The molecule has 2 aromatic heterocycles. The van der Waals surface area contributed by atoms with Crippen LogP contribution in [-0.4, -0.2) is 29.0 Å². The lowest BCUT2D eigenvalue weighted by molar-refractivity contribution is -0.384. The normalized spacial score (nSPS) is 13.2. The first-order valence-electron chi connectivity index (χ1n) is 9.38. The van der Waals surface area contributed by atoms with Gasteiger partial charge in [-0.15, -0.1) is 0 Å². The number of halogens is 3. The molecule has 1 amide bonds. The van der Waals surface area contributed by atoms with Gasteiger partial charge >= 0.3 is 6.61 Å². The van der Waals surface area contributed by atoms with Crippen molar-refractivity contribution in [2.24, 2.45) is 0 Å². The van der Waals surface area contributed by atoms with Gasteiger partial charge in [-0.2, -0.15) is 8.78 Å². The largest absolute Gasteiger partial charge is 0.452 e. The number of carbonyl (C=O) groups is 1. The highest BCUT2D eigenvalue weighted by molar-refractivity contribution is 9.10. The Balaban J connectivity index is 1.75. The van der Waals surface area contributed by atoms with Crippen molar-refractivity contribution in [2.75, 3.05) is 11.4 Å². The lowest BCUT2D eigenvalue weighted by atomic mass is 10.0. The van der Waals surface area contributed by atoms with E-state index in [4.69, 9.17) is 4.42 Å². The fraction of sp³-hybridized carbons (Fsp3) is 0.143. The number of amides is 1. The van der Waals surface area contributed by atoms with Crippen molar-refractivity contribution < 1.29 is 27.7 Å². The fourth-order valence-corrected chi connectivity index (χ4v) is 4.56. The predicted octanol–water partition coefficient (Wildman–Crippen LogP) is 5.46. The molecule has 0 atom stereocenters. The highest BCUT2D eigenvalue weighted by Crippen LogP contribution is 2.41. The summed E-state index contributed by atoms with van der Waals surface area (Å²) in [5, 5.41) is 11.7. The van der Waals surface area contributed by atoms with Crippen LogP contribution in [0.1, 0.15) is 15.9 Å². The van der Waals surface area contributed by atoms with Gasteiger partial charge in [-0.25, -0.2) is 0 Å². The number of rotatable bonds is 4. The summed E-state index contributed by atoms with van der Waals surface area (Å²) < 4.78 is 36.8.